The van der Waals surface area contributed by atoms with Gasteiger partial charge in [-0.2, -0.15) is 0 Å². The molecule has 1 aromatic heterocycles. The number of carbonyl (C=O) groups excluding carboxylic acids is 2. The van der Waals surface area contributed by atoms with Crippen LogP contribution in [0.2, 0.25) is 0 Å². The van der Waals surface area contributed by atoms with E-state index < -0.39 is 0 Å². The number of nitrogens with zero attached hydrogens (tertiary/aromatic N) is 1. The molecular formula is C17H15N3O4S. The average molecular weight is 357 g/mol. The van der Waals surface area contributed by atoms with Gasteiger partial charge in [0.1, 0.15) is 0 Å². The highest BCUT2D eigenvalue weighted by molar-refractivity contribution is 7.22. The molecule has 0 atom stereocenters. The number of hydrogen-bond donors (Lipinski definition) is 4. The Balaban J connectivity index is 1.53. The number of fused-ring (bicyclic) bond motifs is 1. The predicted molar refractivity (Wildman–Crippen MR) is 95.0 cm³/mol. The number of phenols is 2. The van der Waals surface area contributed by atoms with E-state index in [0.717, 1.165) is 0 Å². The Hall–Kier alpha value is -3.13. The van der Waals surface area contributed by atoms with Gasteiger partial charge in [-0.3, -0.25) is 9.59 Å². The quantitative estimate of drug-likeness (QED) is 0.524. The first-order valence-electron chi connectivity index (χ1n) is 7.48. The van der Waals surface area contributed by atoms with Gasteiger partial charge in [-0.15, -0.1) is 0 Å². The lowest BCUT2D eigenvalue weighted by molar-refractivity contribution is -0.116. The van der Waals surface area contributed by atoms with E-state index in [0.29, 0.717) is 20.9 Å². The largest absolute Gasteiger partial charge is 0.504 e. The molecule has 25 heavy (non-hydrogen) atoms. The van der Waals surface area contributed by atoms with Crippen molar-refractivity contribution in [3.8, 4) is 11.5 Å². The standard InChI is InChI=1S/C17H15N3O4S/c21-12-8-11-14(9-13(12)22)25-17(19-11)20-15(23)6-7-18-16(24)10-4-2-1-3-5-10/h1-5,8-9,21-22H,6-7H2,(H,18,24)(H,19,20,23). The molecule has 7 nitrogen and oxygen atoms in total. The topological polar surface area (TPSA) is 112 Å². The number of aromatic nitrogens is 1. The van der Waals surface area contributed by atoms with Crippen molar-refractivity contribution >= 4 is 38.5 Å². The Morgan fingerprint density at radius 2 is 1.80 bits per heavy atom. The van der Waals surface area contributed by atoms with Gasteiger partial charge in [0.05, 0.1) is 10.2 Å². The van der Waals surface area contributed by atoms with E-state index in [9.17, 15) is 19.8 Å². The molecule has 2 aromatic carbocycles. The molecule has 0 unspecified atom stereocenters. The number of thiazole rings is 1. The minimum Gasteiger partial charge on any atom is -0.504 e. The van der Waals surface area contributed by atoms with Crippen molar-refractivity contribution < 1.29 is 19.8 Å². The molecule has 0 aliphatic rings. The fraction of sp³-hybridized carbons (Fsp3) is 0.118. The molecule has 2 amide bonds. The van der Waals surface area contributed by atoms with Crippen LogP contribution in [0.5, 0.6) is 11.5 Å². The van der Waals surface area contributed by atoms with Crippen LogP contribution in [0.1, 0.15) is 16.8 Å². The van der Waals surface area contributed by atoms with E-state index >= 15 is 0 Å². The van der Waals surface area contributed by atoms with Crippen LogP contribution in [0.3, 0.4) is 0 Å². The third-order valence-corrected chi connectivity index (χ3v) is 4.34. The lowest BCUT2D eigenvalue weighted by Crippen LogP contribution is -2.27. The molecule has 8 heteroatoms. The van der Waals surface area contributed by atoms with Crippen molar-refractivity contribution in [3.63, 3.8) is 0 Å². The van der Waals surface area contributed by atoms with E-state index in [1.54, 1.807) is 24.3 Å². The van der Waals surface area contributed by atoms with Gasteiger partial charge in [0.2, 0.25) is 5.91 Å². The molecule has 0 fully saturated rings. The molecule has 4 N–H and O–H groups in total. The second-order valence-corrected chi connectivity index (χ2v) is 6.28. The first-order chi connectivity index (χ1) is 12.0. The SMILES string of the molecule is O=C(CCNC(=O)c1ccccc1)Nc1nc2cc(O)c(O)cc2s1. The summed E-state index contributed by atoms with van der Waals surface area (Å²) >= 11 is 1.18. The number of rotatable bonds is 5. The average Bonchev–Trinajstić information content (AvgIpc) is 2.96. The number of benzene rings is 2. The molecule has 0 spiro atoms. The maximum atomic E-state index is 11.9. The Kier molecular flexibility index (Phi) is 4.80. The molecule has 0 aliphatic heterocycles. The molecule has 128 valence electrons. The van der Waals surface area contributed by atoms with Gasteiger partial charge >= 0.3 is 0 Å². The number of phenolic OH excluding ortho intramolecular Hbond substituents is 2. The van der Waals surface area contributed by atoms with E-state index in [1.807, 2.05) is 6.07 Å². The van der Waals surface area contributed by atoms with Crippen molar-refractivity contribution in [1.82, 2.24) is 10.3 Å². The van der Waals surface area contributed by atoms with Crippen LogP contribution >= 0.6 is 11.3 Å². The molecule has 0 saturated heterocycles. The number of hydrogen-bond acceptors (Lipinski definition) is 6. The maximum Gasteiger partial charge on any atom is 0.251 e. The van der Waals surface area contributed by atoms with Crippen LogP contribution < -0.4 is 10.6 Å². The van der Waals surface area contributed by atoms with Crippen molar-refractivity contribution in [2.24, 2.45) is 0 Å². The fourth-order valence-corrected chi connectivity index (χ4v) is 3.07. The van der Waals surface area contributed by atoms with Gasteiger partial charge < -0.3 is 20.8 Å². The van der Waals surface area contributed by atoms with Crippen molar-refractivity contribution in [2.45, 2.75) is 6.42 Å². The summed E-state index contributed by atoms with van der Waals surface area (Å²) in [5.41, 5.74) is 1.02. The summed E-state index contributed by atoms with van der Waals surface area (Å²) in [4.78, 5) is 28.0. The molecule has 1 heterocycles. The Morgan fingerprint density at radius 1 is 1.08 bits per heavy atom. The molecule has 3 aromatic rings. The van der Waals surface area contributed by atoms with Gasteiger partial charge in [-0.05, 0) is 12.1 Å². The van der Waals surface area contributed by atoms with Crippen LogP contribution in [-0.4, -0.2) is 33.6 Å². The smallest absolute Gasteiger partial charge is 0.251 e. The second-order valence-electron chi connectivity index (χ2n) is 5.25. The predicted octanol–water partition coefficient (Wildman–Crippen LogP) is 2.47. The summed E-state index contributed by atoms with van der Waals surface area (Å²) in [5.74, 6) is -1.03. The summed E-state index contributed by atoms with van der Waals surface area (Å²) in [5, 5.41) is 24.6. The minimum atomic E-state index is -0.291. The van der Waals surface area contributed by atoms with Crippen LogP contribution in [0.15, 0.2) is 42.5 Å². The molecule has 0 bridgehead atoms. The number of aromatic hydroxyl groups is 2. The molecule has 0 radical (unpaired) electrons. The number of amides is 2. The lowest BCUT2D eigenvalue weighted by Gasteiger charge is -2.05. The van der Waals surface area contributed by atoms with E-state index in [4.69, 9.17) is 0 Å². The van der Waals surface area contributed by atoms with Gasteiger partial charge in [0.25, 0.3) is 5.91 Å². The van der Waals surface area contributed by atoms with E-state index in [1.165, 1.54) is 23.5 Å². The third kappa shape index (κ3) is 4.04. The summed E-state index contributed by atoms with van der Waals surface area (Å²) in [6.07, 6.45) is 0.102. The van der Waals surface area contributed by atoms with Gasteiger partial charge in [0.15, 0.2) is 16.6 Å². The van der Waals surface area contributed by atoms with Gasteiger partial charge in [-0.1, -0.05) is 29.5 Å². The van der Waals surface area contributed by atoms with Crippen molar-refractivity contribution in [3.05, 3.63) is 48.0 Å². The summed E-state index contributed by atoms with van der Waals surface area (Å²) in [7, 11) is 0. The summed E-state index contributed by atoms with van der Waals surface area (Å²) < 4.78 is 0.642. The van der Waals surface area contributed by atoms with E-state index in [2.05, 4.69) is 15.6 Å². The molecular weight excluding hydrogens is 342 g/mol. The molecule has 0 saturated carbocycles. The zero-order valence-corrected chi connectivity index (χ0v) is 13.8. The highest BCUT2D eigenvalue weighted by Crippen LogP contribution is 2.34. The monoisotopic (exact) mass is 357 g/mol. The van der Waals surface area contributed by atoms with Gasteiger partial charge in [0, 0.05) is 30.7 Å². The highest BCUT2D eigenvalue weighted by Gasteiger charge is 2.11. The van der Waals surface area contributed by atoms with Crippen molar-refractivity contribution in [2.75, 3.05) is 11.9 Å². The lowest BCUT2D eigenvalue weighted by atomic mass is 10.2. The zero-order valence-electron chi connectivity index (χ0n) is 13.0. The Labute approximate surface area is 147 Å². The summed E-state index contributed by atoms with van der Waals surface area (Å²) in [6.45, 7) is 0.200. The van der Waals surface area contributed by atoms with Crippen molar-refractivity contribution in [1.29, 1.82) is 0 Å². The third-order valence-electron chi connectivity index (χ3n) is 3.40. The highest BCUT2D eigenvalue weighted by atomic mass is 32.1. The summed E-state index contributed by atoms with van der Waals surface area (Å²) in [6, 6.07) is 11.5. The number of nitrogens with one attached hydrogen (secondary N) is 2. The molecule has 0 aliphatic carbocycles. The molecule has 3 rings (SSSR count). The fourth-order valence-electron chi connectivity index (χ4n) is 2.17. The second kappa shape index (κ2) is 7.18. The van der Waals surface area contributed by atoms with Crippen LogP contribution in [0, 0.1) is 0 Å². The van der Waals surface area contributed by atoms with Crippen LogP contribution in [0.4, 0.5) is 5.13 Å². The normalized spacial score (nSPS) is 10.6. The first kappa shape index (κ1) is 16.7. The van der Waals surface area contributed by atoms with Crippen LogP contribution in [-0.2, 0) is 4.79 Å². The minimum absolute atomic E-state index is 0.102. The van der Waals surface area contributed by atoms with Gasteiger partial charge in [-0.25, -0.2) is 4.98 Å². The Morgan fingerprint density at radius 3 is 2.56 bits per heavy atom. The zero-order chi connectivity index (χ0) is 17.8. The van der Waals surface area contributed by atoms with Crippen LogP contribution in [0.25, 0.3) is 10.2 Å². The first-order valence-corrected chi connectivity index (χ1v) is 8.30. The number of carbonyl (C=O) groups is 2. The number of anilines is 1. The van der Waals surface area contributed by atoms with E-state index in [-0.39, 0.29) is 36.3 Å². The Bertz CT molecular complexity index is 885. The maximum absolute atomic E-state index is 11.9.